The first-order chi connectivity index (χ1) is 31.5. The molecule has 3 nitrogen and oxygen atoms in total. The fourth-order valence-electron chi connectivity index (χ4n) is 10.6. The average Bonchev–Trinajstić information content (AvgIpc) is 3.81. The summed E-state index contributed by atoms with van der Waals surface area (Å²) in [4.78, 5) is 4.75. The molecule has 306 valence electrons. The van der Waals surface area contributed by atoms with E-state index < -0.39 is 0 Å². The summed E-state index contributed by atoms with van der Waals surface area (Å²) < 4.78 is 2.41. The number of rotatable bonds is 8. The molecule has 12 rings (SSSR count). The summed E-state index contributed by atoms with van der Waals surface area (Å²) in [7, 11) is 0. The van der Waals surface area contributed by atoms with Crippen molar-refractivity contribution in [1.82, 2.24) is 4.57 Å². The molecular weight excluding hydrogens is 775 g/mol. The van der Waals surface area contributed by atoms with Crippen LogP contribution in [0.15, 0.2) is 230 Å². The Morgan fingerprint density at radius 3 is 1.69 bits per heavy atom. The number of anilines is 6. The lowest BCUT2D eigenvalue weighted by atomic mass is 9.78. The Bertz CT molecular complexity index is 3390. The molecule has 0 saturated carbocycles. The van der Waals surface area contributed by atoms with Crippen LogP contribution in [0.25, 0.3) is 55.0 Å². The highest BCUT2D eigenvalue weighted by atomic mass is 15.2. The smallest absolute Gasteiger partial charge is 0.0547 e. The molecule has 2 aliphatic carbocycles. The lowest BCUT2D eigenvalue weighted by Gasteiger charge is -2.30. The molecule has 0 saturated heterocycles. The predicted molar refractivity (Wildman–Crippen MR) is 271 cm³/mol. The Balaban J connectivity index is 0.974. The number of hydrogen-bond donors (Lipinski definition) is 0. The minimum absolute atomic E-state index is 0.0374. The van der Waals surface area contributed by atoms with Gasteiger partial charge in [0, 0.05) is 56.0 Å². The molecule has 64 heavy (non-hydrogen) atoms. The van der Waals surface area contributed by atoms with Crippen LogP contribution in [-0.4, -0.2) is 4.57 Å². The highest BCUT2D eigenvalue weighted by molar-refractivity contribution is 6.22. The summed E-state index contributed by atoms with van der Waals surface area (Å²) in [5, 5.41) is 5.06. The Labute approximate surface area is 375 Å². The van der Waals surface area contributed by atoms with E-state index in [2.05, 4.69) is 253 Å². The van der Waals surface area contributed by atoms with Crippen LogP contribution in [0.5, 0.6) is 0 Å². The van der Waals surface area contributed by atoms with Gasteiger partial charge < -0.3 is 14.4 Å². The molecule has 0 spiro atoms. The lowest BCUT2D eigenvalue weighted by molar-refractivity contribution is 0.607. The maximum absolute atomic E-state index is 2.45. The first-order valence-electron chi connectivity index (χ1n) is 22.5. The van der Waals surface area contributed by atoms with E-state index >= 15 is 0 Å². The summed E-state index contributed by atoms with van der Waals surface area (Å²) in [6.45, 7) is 4.81. The number of hydrogen-bond acceptors (Lipinski definition) is 2. The van der Waals surface area contributed by atoms with Crippen molar-refractivity contribution in [2.24, 2.45) is 0 Å². The normalized spacial score (nSPS) is 14.0. The van der Waals surface area contributed by atoms with Crippen molar-refractivity contribution in [1.29, 1.82) is 0 Å². The molecule has 9 aromatic carbocycles. The van der Waals surface area contributed by atoms with Crippen LogP contribution >= 0.6 is 0 Å². The van der Waals surface area contributed by atoms with Crippen molar-refractivity contribution in [3.8, 4) is 16.8 Å². The van der Waals surface area contributed by atoms with Crippen LogP contribution in [-0.2, 0) is 5.41 Å². The maximum Gasteiger partial charge on any atom is 0.0547 e. The van der Waals surface area contributed by atoms with E-state index in [1.165, 1.54) is 66.1 Å². The Morgan fingerprint density at radius 1 is 0.453 bits per heavy atom. The van der Waals surface area contributed by atoms with E-state index in [-0.39, 0.29) is 5.41 Å². The average molecular weight is 822 g/mol. The maximum atomic E-state index is 2.45. The van der Waals surface area contributed by atoms with Crippen molar-refractivity contribution in [2.45, 2.75) is 32.1 Å². The van der Waals surface area contributed by atoms with Crippen LogP contribution in [0.3, 0.4) is 0 Å². The van der Waals surface area contributed by atoms with E-state index in [1.54, 1.807) is 5.57 Å². The topological polar surface area (TPSA) is 11.4 Å². The molecule has 1 aromatic heterocycles. The van der Waals surface area contributed by atoms with Gasteiger partial charge in [0.05, 0.1) is 11.0 Å². The fraction of sp³-hybridized carbons (Fsp3) is 0.0820. The fourth-order valence-corrected chi connectivity index (χ4v) is 10.6. The number of fused-ring (bicyclic) bond motifs is 7. The zero-order valence-electron chi connectivity index (χ0n) is 36.1. The van der Waals surface area contributed by atoms with Crippen molar-refractivity contribution in [3.05, 3.63) is 241 Å². The summed E-state index contributed by atoms with van der Waals surface area (Å²) in [6.07, 6.45) is 6.91. The molecular formula is C61H47N3. The van der Waals surface area contributed by atoms with Gasteiger partial charge in [-0.2, -0.15) is 0 Å². The van der Waals surface area contributed by atoms with Gasteiger partial charge in [-0.25, -0.2) is 0 Å². The molecule has 0 unspecified atom stereocenters. The molecule has 3 heteroatoms. The summed E-state index contributed by atoms with van der Waals surface area (Å²) in [5.41, 5.74) is 18.4. The second-order valence-electron chi connectivity index (χ2n) is 17.7. The Hall–Kier alpha value is -7.88. The molecule has 0 atom stereocenters. The molecule has 0 fully saturated rings. The van der Waals surface area contributed by atoms with Crippen LogP contribution in [0, 0.1) is 0 Å². The van der Waals surface area contributed by atoms with Crippen molar-refractivity contribution in [2.75, 3.05) is 9.80 Å². The predicted octanol–water partition coefficient (Wildman–Crippen LogP) is 16.9. The second kappa shape index (κ2) is 15.2. The molecule has 1 heterocycles. The van der Waals surface area contributed by atoms with Crippen molar-refractivity contribution >= 4 is 72.3 Å². The monoisotopic (exact) mass is 821 g/mol. The van der Waals surface area contributed by atoms with E-state index in [1.807, 2.05) is 0 Å². The zero-order valence-corrected chi connectivity index (χ0v) is 36.1. The van der Waals surface area contributed by atoms with E-state index in [4.69, 9.17) is 0 Å². The van der Waals surface area contributed by atoms with Gasteiger partial charge in [0.1, 0.15) is 0 Å². The Kier molecular flexibility index (Phi) is 8.98. The van der Waals surface area contributed by atoms with E-state index in [0.717, 1.165) is 47.0 Å². The highest BCUT2D eigenvalue weighted by Crippen LogP contribution is 2.52. The lowest BCUT2D eigenvalue weighted by Crippen LogP contribution is -2.19. The largest absolute Gasteiger partial charge is 0.311 e. The first kappa shape index (κ1) is 37.8. The highest BCUT2D eigenvalue weighted by Gasteiger charge is 2.37. The van der Waals surface area contributed by atoms with Crippen LogP contribution in [0.1, 0.15) is 37.8 Å². The molecule has 10 aromatic rings. The second-order valence-corrected chi connectivity index (χ2v) is 17.7. The minimum Gasteiger partial charge on any atom is -0.311 e. The van der Waals surface area contributed by atoms with Crippen LogP contribution < -0.4 is 9.80 Å². The van der Waals surface area contributed by atoms with E-state index in [0.29, 0.717) is 0 Å². The summed E-state index contributed by atoms with van der Waals surface area (Å²) in [5.74, 6) is 0. The third-order valence-corrected chi connectivity index (χ3v) is 13.7. The molecule has 0 bridgehead atoms. The van der Waals surface area contributed by atoms with Gasteiger partial charge in [-0.3, -0.25) is 0 Å². The van der Waals surface area contributed by atoms with Gasteiger partial charge in [-0.05, 0) is 155 Å². The van der Waals surface area contributed by atoms with Gasteiger partial charge in [0.15, 0.2) is 0 Å². The quantitative estimate of drug-likeness (QED) is 0.151. The number of benzene rings is 9. The summed E-state index contributed by atoms with van der Waals surface area (Å²) >= 11 is 0. The number of allylic oxidation sites excluding steroid dienone is 4. The van der Waals surface area contributed by atoms with E-state index in [9.17, 15) is 0 Å². The van der Waals surface area contributed by atoms with Crippen LogP contribution in [0.2, 0.25) is 0 Å². The summed E-state index contributed by atoms with van der Waals surface area (Å²) in [6, 6.07) is 77.6. The minimum atomic E-state index is -0.0374. The molecule has 0 radical (unpaired) electrons. The first-order valence-corrected chi connectivity index (χ1v) is 22.5. The van der Waals surface area contributed by atoms with Crippen LogP contribution in [0.4, 0.5) is 34.1 Å². The van der Waals surface area contributed by atoms with Gasteiger partial charge in [-0.1, -0.05) is 141 Å². The number of aromatic nitrogens is 1. The third kappa shape index (κ3) is 6.19. The molecule has 2 aliphatic rings. The molecule has 0 N–H and O–H groups in total. The van der Waals surface area contributed by atoms with Gasteiger partial charge >= 0.3 is 0 Å². The van der Waals surface area contributed by atoms with Crippen molar-refractivity contribution < 1.29 is 0 Å². The van der Waals surface area contributed by atoms with Gasteiger partial charge in [0.2, 0.25) is 0 Å². The SMILES string of the molecule is CC1(C)C2=C(C=CCC2)c2ccc(N(c3ccc(-c4ccc5c(c4)c4c6ccccc6ccc4n5-c4ccccc4)cc3)c3ccc(N(c4ccccc4)c4ccccc4)cc3)cc21. The standard InChI is InChI=1S/C61H47N3/c1-61(2)56-25-15-14-24-53(56)54-37-36-51(41-57(54)61)63(50-34-32-49(33-35-50)62(45-17-6-3-7-18-45)46-19-8-4-9-20-46)48-30-26-42(27-31-48)44-29-38-58-55(40-44)60-52-23-13-12-16-43(52)28-39-59(60)64(58)47-21-10-5-11-22-47/h3-14,16-24,26-41H,15,25H2,1-2H3. The number of nitrogens with zero attached hydrogens (tertiary/aromatic N) is 3. The number of para-hydroxylation sites is 3. The zero-order chi connectivity index (χ0) is 42.8. The van der Waals surface area contributed by atoms with Gasteiger partial charge in [0.25, 0.3) is 0 Å². The van der Waals surface area contributed by atoms with Gasteiger partial charge in [-0.15, -0.1) is 0 Å². The third-order valence-electron chi connectivity index (χ3n) is 13.7. The van der Waals surface area contributed by atoms with Crippen molar-refractivity contribution in [3.63, 3.8) is 0 Å². The Morgan fingerprint density at radius 2 is 1.00 bits per heavy atom. The molecule has 0 amide bonds. The molecule has 0 aliphatic heterocycles.